The predicted molar refractivity (Wildman–Crippen MR) is 112 cm³/mol. The molecule has 0 spiro atoms. The van der Waals surface area contributed by atoms with Crippen molar-refractivity contribution in [3.63, 3.8) is 0 Å². The zero-order chi connectivity index (χ0) is 21.5. The number of anilines is 2. The summed E-state index contributed by atoms with van der Waals surface area (Å²) in [6.45, 7) is 1.72. The molecular formula is C22H21FN6O2. The molecule has 2 heterocycles. The van der Waals surface area contributed by atoms with Crippen molar-refractivity contribution in [1.29, 1.82) is 0 Å². The van der Waals surface area contributed by atoms with Crippen LogP contribution in [0.1, 0.15) is 47.6 Å². The maximum Gasteiger partial charge on any atom is 0.259 e. The summed E-state index contributed by atoms with van der Waals surface area (Å²) in [5, 5.41) is 10.8. The number of amides is 2. The molecular weight excluding hydrogens is 399 g/mol. The third-order valence-corrected chi connectivity index (χ3v) is 5.60. The highest BCUT2D eigenvalue weighted by Gasteiger charge is 2.31. The summed E-state index contributed by atoms with van der Waals surface area (Å²) in [6, 6.07) is 8.39. The van der Waals surface area contributed by atoms with E-state index in [0.717, 1.165) is 32.1 Å². The molecule has 158 valence electrons. The van der Waals surface area contributed by atoms with Gasteiger partial charge in [0.2, 0.25) is 6.41 Å². The number of rotatable bonds is 7. The van der Waals surface area contributed by atoms with E-state index in [-0.39, 0.29) is 17.4 Å². The van der Waals surface area contributed by atoms with Gasteiger partial charge >= 0.3 is 0 Å². The number of hydrogen-bond acceptors (Lipinski definition) is 5. The van der Waals surface area contributed by atoms with Crippen LogP contribution >= 0.6 is 0 Å². The molecule has 2 aromatic heterocycles. The Balaban J connectivity index is 1.41. The van der Waals surface area contributed by atoms with Gasteiger partial charge in [-0.05, 0) is 62.4 Å². The lowest BCUT2D eigenvalue weighted by molar-refractivity contribution is -0.107. The first-order valence-electron chi connectivity index (χ1n) is 10.3. The molecule has 2 saturated carbocycles. The second kappa shape index (κ2) is 7.57. The molecule has 1 N–H and O–H groups in total. The molecule has 5 rings (SSSR count). The SMILES string of the molecule is Cc1cc(F)c(C(=O)Nc2cccc(-c3nncn3C3CC3)n2)cc1N(C=O)C1CC1. The molecule has 2 aliphatic carbocycles. The average Bonchev–Trinajstić information content (AvgIpc) is 3.69. The number of benzene rings is 1. The third-order valence-electron chi connectivity index (χ3n) is 5.60. The van der Waals surface area contributed by atoms with Crippen LogP contribution in [0.25, 0.3) is 11.5 Å². The lowest BCUT2D eigenvalue weighted by Crippen LogP contribution is -2.25. The molecule has 3 aromatic rings. The molecule has 8 nitrogen and oxygen atoms in total. The number of hydrogen-bond donors (Lipinski definition) is 1. The molecule has 0 unspecified atom stereocenters. The summed E-state index contributed by atoms with van der Waals surface area (Å²) < 4.78 is 16.6. The van der Waals surface area contributed by atoms with Gasteiger partial charge in [0.15, 0.2) is 5.82 Å². The Bertz CT molecular complexity index is 1170. The van der Waals surface area contributed by atoms with Crippen LogP contribution in [0.3, 0.4) is 0 Å². The van der Waals surface area contributed by atoms with E-state index in [1.807, 2.05) is 4.57 Å². The van der Waals surface area contributed by atoms with E-state index in [9.17, 15) is 14.0 Å². The van der Waals surface area contributed by atoms with Crippen molar-refractivity contribution < 1.29 is 14.0 Å². The molecule has 1 aromatic carbocycles. The third kappa shape index (κ3) is 3.78. The minimum Gasteiger partial charge on any atom is -0.312 e. The van der Waals surface area contributed by atoms with E-state index in [1.54, 1.807) is 36.4 Å². The van der Waals surface area contributed by atoms with Crippen LogP contribution < -0.4 is 10.2 Å². The summed E-state index contributed by atoms with van der Waals surface area (Å²) in [7, 11) is 0. The second-order valence-corrected chi connectivity index (χ2v) is 8.02. The van der Waals surface area contributed by atoms with Crippen LogP contribution in [0.2, 0.25) is 0 Å². The highest BCUT2D eigenvalue weighted by molar-refractivity contribution is 6.05. The van der Waals surface area contributed by atoms with Crippen molar-refractivity contribution in [3.05, 3.63) is 53.6 Å². The maximum absolute atomic E-state index is 14.6. The average molecular weight is 420 g/mol. The number of nitrogens with one attached hydrogen (secondary N) is 1. The Morgan fingerprint density at radius 3 is 2.77 bits per heavy atom. The van der Waals surface area contributed by atoms with E-state index < -0.39 is 11.7 Å². The monoisotopic (exact) mass is 420 g/mol. The van der Waals surface area contributed by atoms with Gasteiger partial charge in [0.25, 0.3) is 5.91 Å². The summed E-state index contributed by atoms with van der Waals surface area (Å²) in [5.41, 5.74) is 1.59. The summed E-state index contributed by atoms with van der Waals surface area (Å²) in [5.74, 6) is -0.365. The quantitative estimate of drug-likeness (QED) is 0.591. The van der Waals surface area contributed by atoms with Crippen molar-refractivity contribution in [2.75, 3.05) is 10.2 Å². The molecule has 9 heteroatoms. The summed E-state index contributed by atoms with van der Waals surface area (Å²) in [6.07, 6.45) is 6.38. The van der Waals surface area contributed by atoms with Crippen molar-refractivity contribution in [2.45, 2.75) is 44.7 Å². The topological polar surface area (TPSA) is 93.0 Å². The molecule has 0 bridgehead atoms. The Labute approximate surface area is 178 Å². The van der Waals surface area contributed by atoms with Gasteiger partial charge in [-0.1, -0.05) is 6.07 Å². The zero-order valence-corrected chi connectivity index (χ0v) is 17.0. The fourth-order valence-electron chi connectivity index (χ4n) is 3.66. The number of nitrogens with zero attached hydrogens (tertiary/aromatic N) is 5. The van der Waals surface area contributed by atoms with Gasteiger partial charge in [-0.25, -0.2) is 9.37 Å². The molecule has 2 fully saturated rings. The number of aromatic nitrogens is 4. The van der Waals surface area contributed by atoms with E-state index in [0.29, 0.717) is 28.8 Å². The Kier molecular flexibility index (Phi) is 4.72. The molecule has 2 amide bonds. The summed E-state index contributed by atoms with van der Waals surface area (Å²) in [4.78, 5) is 30.4. The molecule has 0 atom stereocenters. The first-order valence-corrected chi connectivity index (χ1v) is 10.3. The number of aryl methyl sites for hydroxylation is 1. The van der Waals surface area contributed by atoms with Gasteiger partial charge in [-0.15, -0.1) is 10.2 Å². The molecule has 2 aliphatic rings. The van der Waals surface area contributed by atoms with Crippen LogP contribution in [0.5, 0.6) is 0 Å². The van der Waals surface area contributed by atoms with Crippen LogP contribution in [0.15, 0.2) is 36.7 Å². The second-order valence-electron chi connectivity index (χ2n) is 8.02. The van der Waals surface area contributed by atoms with Gasteiger partial charge in [-0.3, -0.25) is 9.59 Å². The van der Waals surface area contributed by atoms with E-state index >= 15 is 0 Å². The lowest BCUT2D eigenvalue weighted by Gasteiger charge is -2.20. The van der Waals surface area contributed by atoms with Crippen molar-refractivity contribution in [3.8, 4) is 11.5 Å². The normalized spacial score (nSPS) is 15.5. The van der Waals surface area contributed by atoms with E-state index in [4.69, 9.17) is 0 Å². The smallest absolute Gasteiger partial charge is 0.259 e. The fraction of sp³-hybridized carbons (Fsp3) is 0.318. The number of pyridine rings is 1. The Hall–Kier alpha value is -3.62. The largest absolute Gasteiger partial charge is 0.312 e. The van der Waals surface area contributed by atoms with Gasteiger partial charge in [0, 0.05) is 17.8 Å². The standard InChI is InChI=1S/C22H21FN6O2/c1-13-9-17(23)16(10-19(13)29(12-30)15-7-8-15)22(31)26-20-4-2-3-18(25-20)21-27-24-11-28(21)14-5-6-14/h2-4,9-12,14-15H,5-8H2,1H3,(H,25,26,31). The first kappa shape index (κ1) is 19.3. The number of carbonyl (C=O) groups is 2. The fourth-order valence-corrected chi connectivity index (χ4v) is 3.66. The van der Waals surface area contributed by atoms with Crippen LogP contribution in [-0.4, -0.2) is 38.1 Å². The first-order chi connectivity index (χ1) is 15.0. The van der Waals surface area contributed by atoms with Crippen molar-refractivity contribution in [2.24, 2.45) is 0 Å². The van der Waals surface area contributed by atoms with Crippen molar-refractivity contribution >= 4 is 23.8 Å². The van der Waals surface area contributed by atoms with E-state index in [1.165, 1.54) is 12.1 Å². The van der Waals surface area contributed by atoms with Gasteiger partial charge in [0.1, 0.15) is 23.7 Å². The minimum atomic E-state index is -0.648. The predicted octanol–water partition coefficient (Wildman–Crippen LogP) is 3.50. The van der Waals surface area contributed by atoms with Crippen molar-refractivity contribution in [1.82, 2.24) is 19.7 Å². The van der Waals surface area contributed by atoms with Crippen LogP contribution in [0, 0.1) is 12.7 Å². The van der Waals surface area contributed by atoms with Gasteiger partial charge in [0.05, 0.1) is 5.56 Å². The molecule has 0 radical (unpaired) electrons. The Morgan fingerprint density at radius 2 is 2.06 bits per heavy atom. The zero-order valence-electron chi connectivity index (χ0n) is 17.0. The van der Waals surface area contributed by atoms with E-state index in [2.05, 4.69) is 20.5 Å². The number of halogens is 1. The van der Waals surface area contributed by atoms with Gasteiger partial charge < -0.3 is 14.8 Å². The maximum atomic E-state index is 14.6. The molecule has 0 saturated heterocycles. The molecule has 31 heavy (non-hydrogen) atoms. The molecule has 0 aliphatic heterocycles. The van der Waals surface area contributed by atoms with Crippen LogP contribution in [0.4, 0.5) is 15.9 Å². The van der Waals surface area contributed by atoms with Gasteiger partial charge in [-0.2, -0.15) is 0 Å². The number of carbonyl (C=O) groups excluding carboxylic acids is 2. The minimum absolute atomic E-state index is 0.111. The van der Waals surface area contributed by atoms with Crippen LogP contribution in [-0.2, 0) is 4.79 Å². The Morgan fingerprint density at radius 1 is 1.26 bits per heavy atom. The lowest BCUT2D eigenvalue weighted by atomic mass is 10.1. The summed E-state index contributed by atoms with van der Waals surface area (Å²) >= 11 is 0. The highest BCUT2D eigenvalue weighted by atomic mass is 19.1. The highest BCUT2D eigenvalue weighted by Crippen LogP contribution is 2.37.